The Balaban J connectivity index is 1.79. The lowest BCUT2D eigenvalue weighted by Gasteiger charge is -2.25. The molecule has 2 atom stereocenters. The van der Waals surface area contributed by atoms with Crippen LogP contribution in [0.3, 0.4) is 0 Å². The Hall–Kier alpha value is -0.910. The van der Waals surface area contributed by atoms with Crippen LogP contribution in [0.4, 0.5) is 0 Å². The molecule has 0 radical (unpaired) electrons. The number of rotatable bonds is 3. The molecule has 0 N–H and O–H groups in total. The van der Waals surface area contributed by atoms with Crippen molar-refractivity contribution in [3.05, 3.63) is 21.9 Å². The number of carbonyl (C=O) groups excluding carboxylic acids is 1. The lowest BCUT2D eigenvalue weighted by atomic mass is 9.82. The maximum absolute atomic E-state index is 12.6. The van der Waals surface area contributed by atoms with Gasteiger partial charge in [0.1, 0.15) is 0 Å². The predicted octanol–water partition coefficient (Wildman–Crippen LogP) is 1.79. The van der Waals surface area contributed by atoms with E-state index in [0.29, 0.717) is 19.1 Å². The van der Waals surface area contributed by atoms with E-state index in [4.69, 9.17) is 9.47 Å². The Labute approximate surface area is 117 Å². The molecule has 0 unspecified atom stereocenters. The fourth-order valence-corrected chi connectivity index (χ4v) is 4.11. The highest BCUT2D eigenvalue weighted by Crippen LogP contribution is 2.42. The SMILES string of the molecule is COC[C@]12COC[C@H]1CN(C(=O)c1sccc1C)C2. The summed E-state index contributed by atoms with van der Waals surface area (Å²) in [5, 5.41) is 1.98. The van der Waals surface area contributed by atoms with Crippen LogP contribution in [0.25, 0.3) is 0 Å². The predicted molar refractivity (Wildman–Crippen MR) is 73.6 cm³/mol. The van der Waals surface area contributed by atoms with Gasteiger partial charge in [-0.3, -0.25) is 4.79 Å². The molecular weight excluding hydrogens is 262 g/mol. The summed E-state index contributed by atoms with van der Waals surface area (Å²) >= 11 is 1.53. The molecule has 1 amide bonds. The number of hydrogen-bond donors (Lipinski definition) is 0. The first kappa shape index (κ1) is 13.1. The van der Waals surface area contributed by atoms with E-state index >= 15 is 0 Å². The number of methoxy groups -OCH3 is 1. The van der Waals surface area contributed by atoms with Crippen molar-refractivity contribution in [3.8, 4) is 0 Å². The van der Waals surface area contributed by atoms with E-state index in [1.54, 1.807) is 7.11 Å². The van der Waals surface area contributed by atoms with Crippen LogP contribution in [0.1, 0.15) is 15.2 Å². The molecule has 2 saturated heterocycles. The van der Waals surface area contributed by atoms with Crippen LogP contribution >= 0.6 is 11.3 Å². The summed E-state index contributed by atoms with van der Waals surface area (Å²) in [5.41, 5.74) is 1.08. The van der Waals surface area contributed by atoms with Crippen molar-refractivity contribution >= 4 is 17.2 Å². The first-order valence-electron chi connectivity index (χ1n) is 6.56. The molecule has 2 fully saturated rings. The van der Waals surface area contributed by atoms with Gasteiger partial charge in [-0.25, -0.2) is 0 Å². The highest BCUT2D eigenvalue weighted by atomic mass is 32.1. The lowest BCUT2D eigenvalue weighted by molar-refractivity contribution is 0.0490. The molecule has 0 spiro atoms. The molecule has 104 valence electrons. The van der Waals surface area contributed by atoms with Crippen molar-refractivity contribution in [1.29, 1.82) is 0 Å². The summed E-state index contributed by atoms with van der Waals surface area (Å²) in [4.78, 5) is 15.4. The lowest BCUT2D eigenvalue weighted by Crippen LogP contribution is -2.36. The van der Waals surface area contributed by atoms with Crippen LogP contribution in [0.2, 0.25) is 0 Å². The zero-order chi connectivity index (χ0) is 13.5. The second-order valence-corrected chi connectivity index (χ2v) is 6.54. The second-order valence-electron chi connectivity index (χ2n) is 5.63. The van der Waals surface area contributed by atoms with Crippen LogP contribution in [0.5, 0.6) is 0 Å². The molecule has 4 nitrogen and oxygen atoms in total. The molecule has 0 aromatic carbocycles. The molecule has 19 heavy (non-hydrogen) atoms. The Morgan fingerprint density at radius 1 is 1.68 bits per heavy atom. The number of aryl methyl sites for hydroxylation is 1. The average molecular weight is 281 g/mol. The van der Waals surface area contributed by atoms with E-state index in [1.165, 1.54) is 11.3 Å². The van der Waals surface area contributed by atoms with Crippen molar-refractivity contribution in [3.63, 3.8) is 0 Å². The van der Waals surface area contributed by atoms with Crippen molar-refractivity contribution in [1.82, 2.24) is 4.90 Å². The van der Waals surface area contributed by atoms with Crippen molar-refractivity contribution in [2.45, 2.75) is 6.92 Å². The number of hydrogen-bond acceptors (Lipinski definition) is 4. The number of thiophene rings is 1. The second kappa shape index (κ2) is 4.89. The van der Waals surface area contributed by atoms with Crippen LogP contribution in [0, 0.1) is 18.3 Å². The molecule has 1 aromatic rings. The summed E-state index contributed by atoms with van der Waals surface area (Å²) in [5.74, 6) is 0.578. The highest BCUT2D eigenvalue weighted by Gasteiger charge is 2.52. The number of carbonyl (C=O) groups is 1. The maximum atomic E-state index is 12.6. The van der Waals surface area contributed by atoms with Gasteiger partial charge in [-0.15, -0.1) is 11.3 Å². The van der Waals surface area contributed by atoms with Gasteiger partial charge in [-0.1, -0.05) is 0 Å². The van der Waals surface area contributed by atoms with Gasteiger partial charge in [0, 0.05) is 31.5 Å². The fraction of sp³-hybridized carbons (Fsp3) is 0.643. The van der Waals surface area contributed by atoms with Gasteiger partial charge < -0.3 is 14.4 Å². The molecule has 1 aromatic heterocycles. The van der Waals surface area contributed by atoms with Gasteiger partial charge in [0.15, 0.2) is 0 Å². The van der Waals surface area contributed by atoms with E-state index in [2.05, 4.69) is 0 Å². The highest BCUT2D eigenvalue weighted by molar-refractivity contribution is 7.12. The molecule has 3 heterocycles. The third-order valence-corrected chi connectivity index (χ3v) is 5.30. The van der Waals surface area contributed by atoms with Gasteiger partial charge in [-0.05, 0) is 23.9 Å². The van der Waals surface area contributed by atoms with E-state index in [1.807, 2.05) is 23.3 Å². The molecule has 0 aliphatic carbocycles. The van der Waals surface area contributed by atoms with E-state index < -0.39 is 0 Å². The Kier molecular flexibility index (Phi) is 3.37. The topological polar surface area (TPSA) is 38.8 Å². The minimum atomic E-state index is 0.00950. The van der Waals surface area contributed by atoms with Gasteiger partial charge in [0.2, 0.25) is 0 Å². The third-order valence-electron chi connectivity index (χ3n) is 4.30. The Morgan fingerprint density at radius 3 is 3.21 bits per heavy atom. The van der Waals surface area contributed by atoms with Crippen LogP contribution in [0.15, 0.2) is 11.4 Å². The number of amides is 1. The minimum absolute atomic E-state index is 0.00950. The third kappa shape index (κ3) is 2.10. The van der Waals surface area contributed by atoms with Crippen LogP contribution in [-0.4, -0.2) is 50.8 Å². The normalized spacial score (nSPS) is 29.8. The monoisotopic (exact) mass is 281 g/mol. The van der Waals surface area contributed by atoms with E-state index in [9.17, 15) is 4.79 Å². The standard InChI is InChI=1S/C14H19NO3S/c1-10-3-4-19-12(10)13(16)15-5-11-6-18-9-14(11,7-15)8-17-2/h3-4,11H,5-9H2,1-2H3/t11-,14-/m1/s1. The van der Waals surface area contributed by atoms with Crippen LogP contribution < -0.4 is 0 Å². The quantitative estimate of drug-likeness (QED) is 0.848. The molecular formula is C14H19NO3S. The zero-order valence-corrected chi connectivity index (χ0v) is 12.2. The van der Waals surface area contributed by atoms with E-state index in [0.717, 1.165) is 30.1 Å². The van der Waals surface area contributed by atoms with Gasteiger partial charge in [-0.2, -0.15) is 0 Å². The van der Waals surface area contributed by atoms with Crippen LogP contribution in [-0.2, 0) is 9.47 Å². The van der Waals surface area contributed by atoms with Gasteiger partial charge in [0.05, 0.1) is 24.7 Å². The van der Waals surface area contributed by atoms with Gasteiger partial charge >= 0.3 is 0 Å². The Bertz CT molecular complexity index is 487. The first-order valence-corrected chi connectivity index (χ1v) is 7.44. The average Bonchev–Trinajstić information content (AvgIpc) is 3.02. The molecule has 2 aliphatic rings. The zero-order valence-electron chi connectivity index (χ0n) is 11.3. The molecule has 2 aliphatic heterocycles. The molecule has 0 bridgehead atoms. The summed E-state index contributed by atoms with van der Waals surface area (Å²) in [6.07, 6.45) is 0. The summed E-state index contributed by atoms with van der Waals surface area (Å²) in [6.45, 7) is 5.66. The Morgan fingerprint density at radius 2 is 2.53 bits per heavy atom. The molecule has 3 rings (SSSR count). The summed E-state index contributed by atoms with van der Waals surface area (Å²) in [6, 6.07) is 2.00. The summed E-state index contributed by atoms with van der Waals surface area (Å²) in [7, 11) is 1.72. The van der Waals surface area contributed by atoms with E-state index in [-0.39, 0.29) is 11.3 Å². The first-order chi connectivity index (χ1) is 9.16. The number of fused-ring (bicyclic) bond motifs is 1. The number of likely N-dealkylation sites (tertiary alicyclic amines) is 1. The maximum Gasteiger partial charge on any atom is 0.264 e. The van der Waals surface area contributed by atoms with Crippen molar-refractivity contribution < 1.29 is 14.3 Å². The molecule has 5 heteroatoms. The van der Waals surface area contributed by atoms with Gasteiger partial charge in [0.25, 0.3) is 5.91 Å². The fourth-order valence-electron chi connectivity index (χ4n) is 3.21. The smallest absolute Gasteiger partial charge is 0.264 e. The number of ether oxygens (including phenoxy) is 2. The number of nitrogens with zero attached hydrogens (tertiary/aromatic N) is 1. The molecule has 0 saturated carbocycles. The van der Waals surface area contributed by atoms with Crippen molar-refractivity contribution in [2.24, 2.45) is 11.3 Å². The summed E-state index contributed by atoms with van der Waals surface area (Å²) < 4.78 is 11.0. The largest absolute Gasteiger partial charge is 0.384 e. The minimum Gasteiger partial charge on any atom is -0.384 e. The van der Waals surface area contributed by atoms with Crippen molar-refractivity contribution in [2.75, 3.05) is 40.0 Å².